The van der Waals surface area contributed by atoms with Crippen molar-refractivity contribution in [2.75, 3.05) is 13.2 Å². The normalized spacial score (nSPS) is 13.0. The van der Waals surface area contributed by atoms with E-state index in [4.69, 9.17) is 9.88 Å². The van der Waals surface area contributed by atoms with Crippen molar-refractivity contribution in [2.24, 2.45) is 5.14 Å². The summed E-state index contributed by atoms with van der Waals surface area (Å²) in [4.78, 5) is 7.77. The number of hydrogen-bond donors (Lipinski definition) is 3. The molecule has 176 valence electrons. The smallest absolute Gasteiger partial charge is 0.238 e. The number of nitrogens with one attached hydrogen (secondary N) is 1. The molecule has 10 heteroatoms. The molecule has 0 aliphatic rings. The van der Waals surface area contributed by atoms with E-state index in [1.165, 1.54) is 18.5 Å². The Labute approximate surface area is 192 Å². The van der Waals surface area contributed by atoms with Gasteiger partial charge in [0.1, 0.15) is 30.6 Å². The van der Waals surface area contributed by atoms with E-state index in [1.54, 1.807) is 26.2 Å². The van der Waals surface area contributed by atoms with Gasteiger partial charge in [0.2, 0.25) is 10.0 Å². The Morgan fingerprint density at radius 2 is 1.88 bits per heavy atom. The molecule has 0 aliphatic carbocycles. The Morgan fingerprint density at radius 1 is 1.18 bits per heavy atom. The van der Waals surface area contributed by atoms with Crippen LogP contribution in [-0.2, 0) is 15.6 Å². The van der Waals surface area contributed by atoms with Crippen LogP contribution in [0.15, 0.2) is 60.0 Å². The molecule has 3 rings (SSSR count). The maximum absolute atomic E-state index is 14.6. The number of aliphatic hydroxyl groups is 1. The molecule has 0 spiro atoms. The Balaban J connectivity index is 1.65. The zero-order valence-electron chi connectivity index (χ0n) is 18.6. The van der Waals surface area contributed by atoms with Gasteiger partial charge in [0, 0.05) is 41.2 Å². The van der Waals surface area contributed by atoms with Gasteiger partial charge < -0.3 is 15.2 Å². The molecule has 1 heterocycles. The molecule has 0 aliphatic heterocycles. The molecule has 0 amide bonds. The second kappa shape index (κ2) is 9.92. The summed E-state index contributed by atoms with van der Waals surface area (Å²) in [5.41, 5.74) is 1.95. The van der Waals surface area contributed by atoms with E-state index >= 15 is 0 Å². The van der Waals surface area contributed by atoms with Gasteiger partial charge in [-0.15, -0.1) is 0 Å². The maximum Gasteiger partial charge on any atom is 0.238 e. The van der Waals surface area contributed by atoms with Crippen molar-refractivity contribution in [1.82, 2.24) is 15.3 Å². The first kappa shape index (κ1) is 24.7. The summed E-state index contributed by atoms with van der Waals surface area (Å²) < 4.78 is 43.3. The van der Waals surface area contributed by atoms with E-state index in [-0.39, 0.29) is 23.6 Å². The van der Waals surface area contributed by atoms with Crippen molar-refractivity contribution in [3.8, 4) is 16.9 Å². The molecule has 8 nitrogen and oxygen atoms in total. The number of nitrogens with zero attached hydrogens (tertiary/aromatic N) is 2. The summed E-state index contributed by atoms with van der Waals surface area (Å²) in [7, 11) is -4.00. The summed E-state index contributed by atoms with van der Waals surface area (Å²) in [6, 6.07) is 9.24. The average Bonchev–Trinajstić information content (AvgIpc) is 2.76. The number of aryl methyl sites for hydroxylation is 1. The summed E-state index contributed by atoms with van der Waals surface area (Å²) in [5.74, 6) is -0.119. The predicted octanol–water partition coefficient (Wildman–Crippen LogP) is 2.50. The van der Waals surface area contributed by atoms with Crippen LogP contribution in [0.2, 0.25) is 0 Å². The van der Waals surface area contributed by atoms with Crippen LogP contribution in [0.1, 0.15) is 25.0 Å². The second-order valence-corrected chi connectivity index (χ2v) is 9.85. The summed E-state index contributed by atoms with van der Waals surface area (Å²) in [6.07, 6.45) is 3.92. The molecule has 0 radical (unpaired) electrons. The Kier molecular flexibility index (Phi) is 7.43. The number of benzene rings is 2. The molecule has 0 saturated carbocycles. The van der Waals surface area contributed by atoms with Gasteiger partial charge in [-0.3, -0.25) is 0 Å². The molecular formula is C23H27FN4O4S. The molecule has 2 aromatic carbocycles. The predicted molar refractivity (Wildman–Crippen MR) is 123 cm³/mol. The van der Waals surface area contributed by atoms with E-state index in [0.717, 1.165) is 22.8 Å². The van der Waals surface area contributed by atoms with Crippen LogP contribution < -0.4 is 15.2 Å². The topological polar surface area (TPSA) is 127 Å². The molecule has 1 aromatic heterocycles. The highest BCUT2D eigenvalue weighted by Crippen LogP contribution is 2.30. The van der Waals surface area contributed by atoms with Crippen molar-refractivity contribution in [3.05, 3.63) is 72.1 Å². The number of aliphatic hydroxyl groups excluding tert-OH is 1. The van der Waals surface area contributed by atoms with E-state index in [0.29, 0.717) is 5.75 Å². The zero-order chi connectivity index (χ0) is 24.2. The van der Waals surface area contributed by atoms with E-state index < -0.39 is 27.5 Å². The number of ether oxygens (including phenoxy) is 1. The van der Waals surface area contributed by atoms with Crippen LogP contribution in [0, 0.1) is 12.7 Å². The van der Waals surface area contributed by atoms with Gasteiger partial charge in [0.15, 0.2) is 0 Å². The van der Waals surface area contributed by atoms with E-state index in [1.807, 2.05) is 25.1 Å². The van der Waals surface area contributed by atoms with Crippen molar-refractivity contribution in [2.45, 2.75) is 37.3 Å². The van der Waals surface area contributed by atoms with Crippen molar-refractivity contribution in [1.29, 1.82) is 0 Å². The monoisotopic (exact) mass is 474 g/mol. The molecule has 0 fully saturated rings. The number of primary sulfonamides is 1. The van der Waals surface area contributed by atoms with Crippen LogP contribution in [-0.4, -0.2) is 42.7 Å². The number of hydrogen-bond acceptors (Lipinski definition) is 7. The molecular weight excluding hydrogens is 447 g/mol. The van der Waals surface area contributed by atoms with Crippen LogP contribution in [0.4, 0.5) is 4.39 Å². The molecule has 1 atom stereocenters. The Morgan fingerprint density at radius 3 is 2.52 bits per heavy atom. The SMILES string of the molecule is Cc1ccc(-c2cncnc2)c(OC[C@@H](O)CNC(C)(C)c2ccc(S(N)(=O)=O)cc2F)c1. The molecule has 0 bridgehead atoms. The highest BCUT2D eigenvalue weighted by atomic mass is 32.2. The number of rotatable bonds is 9. The molecule has 0 unspecified atom stereocenters. The lowest BCUT2D eigenvalue weighted by molar-refractivity contribution is 0.0987. The van der Waals surface area contributed by atoms with Crippen molar-refractivity contribution in [3.63, 3.8) is 0 Å². The Hall–Kier alpha value is -2.92. The van der Waals surface area contributed by atoms with Crippen LogP contribution in [0.25, 0.3) is 11.1 Å². The highest BCUT2D eigenvalue weighted by molar-refractivity contribution is 7.89. The summed E-state index contributed by atoms with van der Waals surface area (Å²) in [6.45, 7) is 5.50. The third-order valence-electron chi connectivity index (χ3n) is 5.16. The number of halogens is 1. The molecule has 0 saturated heterocycles. The molecule has 4 N–H and O–H groups in total. The lowest BCUT2D eigenvalue weighted by Crippen LogP contribution is -2.43. The minimum Gasteiger partial charge on any atom is -0.490 e. The highest BCUT2D eigenvalue weighted by Gasteiger charge is 2.26. The van der Waals surface area contributed by atoms with Crippen LogP contribution in [0.5, 0.6) is 5.75 Å². The largest absolute Gasteiger partial charge is 0.490 e. The minimum absolute atomic E-state index is 0.0000607. The fraction of sp³-hybridized carbons (Fsp3) is 0.304. The van der Waals surface area contributed by atoms with Gasteiger partial charge in [-0.1, -0.05) is 18.2 Å². The number of sulfonamides is 1. The standard InChI is InChI=1S/C23H27FN4O4S/c1-15-4-6-19(16-10-26-14-27-11-16)22(8-15)32-13-17(29)12-28-23(2,3)20-7-5-18(9-21(20)24)33(25,30)31/h4-11,14,17,28-29H,12-13H2,1-3H3,(H2,25,30,31)/t17-/m0/s1. The van der Waals surface area contributed by atoms with Gasteiger partial charge >= 0.3 is 0 Å². The first-order chi connectivity index (χ1) is 15.5. The second-order valence-electron chi connectivity index (χ2n) is 8.28. The third kappa shape index (κ3) is 6.32. The number of nitrogens with two attached hydrogens (primary N) is 1. The fourth-order valence-electron chi connectivity index (χ4n) is 3.32. The van der Waals surface area contributed by atoms with E-state index in [2.05, 4.69) is 15.3 Å². The lowest BCUT2D eigenvalue weighted by atomic mass is 9.93. The first-order valence-electron chi connectivity index (χ1n) is 10.2. The Bertz CT molecular complexity index is 1220. The van der Waals surface area contributed by atoms with Crippen LogP contribution in [0.3, 0.4) is 0 Å². The van der Waals surface area contributed by atoms with Crippen molar-refractivity contribution >= 4 is 10.0 Å². The average molecular weight is 475 g/mol. The summed E-state index contributed by atoms with van der Waals surface area (Å²) in [5, 5.41) is 18.6. The van der Waals surface area contributed by atoms with Crippen molar-refractivity contribution < 1.29 is 22.7 Å². The minimum atomic E-state index is -4.00. The fourth-order valence-corrected chi connectivity index (χ4v) is 3.84. The quantitative estimate of drug-likeness (QED) is 0.435. The third-order valence-corrected chi connectivity index (χ3v) is 6.07. The van der Waals surface area contributed by atoms with Gasteiger partial charge in [0.05, 0.1) is 4.90 Å². The summed E-state index contributed by atoms with van der Waals surface area (Å²) >= 11 is 0. The van der Waals surface area contributed by atoms with Gasteiger partial charge in [-0.05, 0) is 44.5 Å². The maximum atomic E-state index is 14.6. The molecule has 33 heavy (non-hydrogen) atoms. The van der Waals surface area contributed by atoms with Gasteiger partial charge in [-0.25, -0.2) is 27.9 Å². The van der Waals surface area contributed by atoms with Gasteiger partial charge in [-0.2, -0.15) is 0 Å². The zero-order valence-corrected chi connectivity index (χ0v) is 19.4. The van der Waals surface area contributed by atoms with E-state index in [9.17, 15) is 17.9 Å². The van der Waals surface area contributed by atoms with Gasteiger partial charge in [0.25, 0.3) is 0 Å². The van der Waals surface area contributed by atoms with Crippen LogP contribution >= 0.6 is 0 Å². The first-order valence-corrected chi connectivity index (χ1v) is 11.8. The molecule has 3 aromatic rings. The lowest BCUT2D eigenvalue weighted by Gasteiger charge is -2.29. The number of aromatic nitrogens is 2.